The Morgan fingerprint density at radius 3 is 2.46 bits per heavy atom. The Hall–Kier alpha value is 0.0669. The van der Waals surface area contributed by atoms with Crippen LogP contribution in [0.15, 0.2) is 0 Å². The molecule has 0 amide bonds. The molecule has 0 aromatic heterocycles. The molecule has 1 saturated heterocycles. The average Bonchev–Trinajstić information content (AvgIpc) is 2.30. The highest BCUT2D eigenvalue weighted by molar-refractivity contribution is 6.76. The molecule has 0 spiro atoms. The molecule has 1 fully saturated rings. The number of alkyl halides is 1. The molecule has 0 radical (unpaired) electrons. The van der Waals surface area contributed by atoms with E-state index in [-0.39, 0.29) is 6.61 Å². The monoisotopic (exact) mass is 205 g/mol. The van der Waals surface area contributed by atoms with Gasteiger partial charge in [0.2, 0.25) is 0 Å². The van der Waals surface area contributed by atoms with E-state index in [0.29, 0.717) is 13.0 Å². The van der Waals surface area contributed by atoms with E-state index in [1.165, 1.54) is 0 Å². The maximum Gasteiger partial charge on any atom is 0.147 e. The minimum Gasteiger partial charge on any atom is -0.393 e. The molecule has 1 rings (SSSR count). The first-order chi connectivity index (χ1) is 5.85. The van der Waals surface area contributed by atoms with Crippen molar-refractivity contribution in [3.63, 3.8) is 0 Å². The molecule has 0 saturated carbocycles. The van der Waals surface area contributed by atoms with Crippen LogP contribution in [-0.2, 0) is 0 Å². The molecule has 13 heavy (non-hydrogen) atoms. The van der Waals surface area contributed by atoms with Crippen molar-refractivity contribution >= 4 is 8.07 Å². The summed E-state index contributed by atoms with van der Waals surface area (Å²) < 4.78 is 13.6. The van der Waals surface area contributed by atoms with Crippen LogP contribution in [-0.4, -0.2) is 49.6 Å². The minimum absolute atomic E-state index is 0.324. The van der Waals surface area contributed by atoms with Crippen molar-refractivity contribution in [2.24, 2.45) is 0 Å². The lowest BCUT2D eigenvalue weighted by Crippen LogP contribution is -2.41. The van der Waals surface area contributed by atoms with Crippen molar-refractivity contribution in [2.45, 2.75) is 31.7 Å². The van der Waals surface area contributed by atoms with Crippen molar-refractivity contribution in [1.29, 1.82) is 0 Å². The highest BCUT2D eigenvalue weighted by Crippen LogP contribution is 2.25. The van der Waals surface area contributed by atoms with E-state index < -0.39 is 13.7 Å². The molecule has 1 unspecified atom stereocenters. The fourth-order valence-corrected chi connectivity index (χ4v) is 3.46. The van der Waals surface area contributed by atoms with E-state index in [1.54, 1.807) is 0 Å². The summed E-state index contributed by atoms with van der Waals surface area (Å²) in [5.41, 5.74) is -1.32. The lowest BCUT2D eigenvalue weighted by Gasteiger charge is -2.25. The molecular formula is C9H20FNOSi. The van der Waals surface area contributed by atoms with Crippen molar-refractivity contribution in [2.75, 3.05) is 25.9 Å². The number of aliphatic hydroxyl groups is 1. The predicted molar refractivity (Wildman–Crippen MR) is 55.3 cm³/mol. The lowest BCUT2D eigenvalue weighted by molar-refractivity contribution is 0.0795. The van der Waals surface area contributed by atoms with Gasteiger partial charge in [-0.3, -0.25) is 0 Å². The van der Waals surface area contributed by atoms with E-state index in [2.05, 4.69) is 24.5 Å². The first-order valence-electron chi connectivity index (χ1n) is 4.87. The number of halogens is 1. The number of aliphatic hydroxyl groups excluding tert-OH is 1. The van der Waals surface area contributed by atoms with Crippen molar-refractivity contribution in [3.8, 4) is 0 Å². The molecule has 1 heterocycles. The third-order valence-corrected chi connectivity index (χ3v) is 3.76. The van der Waals surface area contributed by atoms with Crippen LogP contribution in [0.2, 0.25) is 19.6 Å². The fraction of sp³-hybridized carbons (Fsp3) is 1.00. The van der Waals surface area contributed by atoms with Gasteiger partial charge in [0.1, 0.15) is 5.67 Å². The molecule has 0 aromatic carbocycles. The summed E-state index contributed by atoms with van der Waals surface area (Å²) in [6, 6.07) is 0. The number of hydrogen-bond acceptors (Lipinski definition) is 2. The van der Waals surface area contributed by atoms with Gasteiger partial charge in [0.25, 0.3) is 0 Å². The zero-order chi connectivity index (χ0) is 10.1. The third kappa shape index (κ3) is 3.36. The lowest BCUT2D eigenvalue weighted by atomic mass is 10.1. The highest BCUT2D eigenvalue weighted by atomic mass is 28.3. The zero-order valence-corrected chi connectivity index (χ0v) is 9.81. The standard InChI is InChI=1S/C9H20FNOSi/c1-13(2,3)8-11-5-4-9(10,6-11)7-12/h12H,4-8H2,1-3H3. The summed E-state index contributed by atoms with van der Waals surface area (Å²) in [6.45, 7) is 7.75. The highest BCUT2D eigenvalue weighted by Gasteiger charge is 2.38. The van der Waals surface area contributed by atoms with Crippen LogP contribution >= 0.6 is 0 Å². The van der Waals surface area contributed by atoms with Crippen molar-refractivity contribution in [1.82, 2.24) is 4.90 Å². The second-order valence-corrected chi connectivity index (χ2v) is 10.8. The number of hydrogen-bond donors (Lipinski definition) is 1. The van der Waals surface area contributed by atoms with Gasteiger partial charge in [0, 0.05) is 13.1 Å². The Balaban J connectivity index is 2.42. The molecule has 78 valence electrons. The molecular weight excluding hydrogens is 185 g/mol. The maximum absolute atomic E-state index is 13.6. The van der Waals surface area contributed by atoms with Crippen LogP contribution in [0.1, 0.15) is 6.42 Å². The topological polar surface area (TPSA) is 23.5 Å². The molecule has 1 aliphatic rings. The molecule has 0 bridgehead atoms. The fourth-order valence-electron chi connectivity index (χ4n) is 1.85. The summed E-state index contributed by atoms with van der Waals surface area (Å²) in [4.78, 5) is 2.16. The van der Waals surface area contributed by atoms with Gasteiger partial charge in [-0.2, -0.15) is 0 Å². The normalized spacial score (nSPS) is 31.2. The van der Waals surface area contributed by atoms with Crippen molar-refractivity contribution in [3.05, 3.63) is 0 Å². The summed E-state index contributed by atoms with van der Waals surface area (Å²) in [6.07, 6.45) is 1.53. The second-order valence-electron chi connectivity index (χ2n) is 5.33. The van der Waals surface area contributed by atoms with Gasteiger partial charge >= 0.3 is 0 Å². The zero-order valence-electron chi connectivity index (χ0n) is 8.81. The smallest absolute Gasteiger partial charge is 0.147 e. The Labute approximate surface area is 80.8 Å². The van der Waals surface area contributed by atoms with E-state index in [9.17, 15) is 4.39 Å². The number of rotatable bonds is 3. The number of likely N-dealkylation sites (tertiary alicyclic amines) is 1. The van der Waals surface area contributed by atoms with E-state index in [1.807, 2.05) is 0 Å². The van der Waals surface area contributed by atoms with Crippen LogP contribution in [0.5, 0.6) is 0 Å². The van der Waals surface area contributed by atoms with Gasteiger partial charge in [0.05, 0.1) is 14.7 Å². The SMILES string of the molecule is C[Si](C)(C)CN1CCC(F)(CO)C1. The molecule has 1 aliphatic heterocycles. The third-order valence-electron chi connectivity index (χ3n) is 2.36. The van der Waals surface area contributed by atoms with E-state index in [4.69, 9.17) is 5.11 Å². The molecule has 1 atom stereocenters. The predicted octanol–water partition coefficient (Wildman–Crippen LogP) is 1.27. The van der Waals surface area contributed by atoms with Crippen LogP contribution < -0.4 is 0 Å². The molecule has 2 nitrogen and oxygen atoms in total. The molecule has 4 heteroatoms. The van der Waals surface area contributed by atoms with Gasteiger partial charge < -0.3 is 10.0 Å². The Bertz CT molecular complexity index is 183. The van der Waals surface area contributed by atoms with Gasteiger partial charge in [-0.1, -0.05) is 19.6 Å². The summed E-state index contributed by atoms with van der Waals surface area (Å²) in [5.74, 6) is 0. The first-order valence-corrected chi connectivity index (χ1v) is 8.58. The summed E-state index contributed by atoms with van der Waals surface area (Å²) in [7, 11) is -1.12. The largest absolute Gasteiger partial charge is 0.393 e. The quantitative estimate of drug-likeness (QED) is 0.701. The van der Waals surface area contributed by atoms with Crippen LogP contribution in [0.3, 0.4) is 0 Å². The first kappa shape index (κ1) is 11.1. The second kappa shape index (κ2) is 3.67. The van der Waals surface area contributed by atoms with Gasteiger partial charge in [-0.25, -0.2) is 4.39 Å². The van der Waals surface area contributed by atoms with Gasteiger partial charge in [-0.15, -0.1) is 0 Å². The average molecular weight is 205 g/mol. The van der Waals surface area contributed by atoms with Crippen LogP contribution in [0.4, 0.5) is 4.39 Å². The van der Waals surface area contributed by atoms with Gasteiger partial charge in [0.15, 0.2) is 0 Å². The Kier molecular flexibility index (Phi) is 3.15. The van der Waals surface area contributed by atoms with Gasteiger partial charge in [-0.05, 0) is 12.6 Å². The van der Waals surface area contributed by atoms with E-state index in [0.717, 1.165) is 12.7 Å². The summed E-state index contributed by atoms with van der Waals surface area (Å²) in [5, 5.41) is 8.85. The number of nitrogens with zero attached hydrogens (tertiary/aromatic N) is 1. The molecule has 1 N–H and O–H groups in total. The van der Waals surface area contributed by atoms with E-state index >= 15 is 0 Å². The Morgan fingerprint density at radius 1 is 1.46 bits per heavy atom. The summed E-state index contributed by atoms with van der Waals surface area (Å²) >= 11 is 0. The van der Waals surface area contributed by atoms with Crippen LogP contribution in [0.25, 0.3) is 0 Å². The van der Waals surface area contributed by atoms with Crippen LogP contribution in [0, 0.1) is 0 Å². The molecule has 0 aliphatic carbocycles. The molecule has 0 aromatic rings. The Morgan fingerprint density at radius 2 is 2.08 bits per heavy atom. The minimum atomic E-state index is -1.32. The van der Waals surface area contributed by atoms with Crippen molar-refractivity contribution < 1.29 is 9.50 Å². The maximum atomic E-state index is 13.6.